The molecule has 0 aliphatic carbocycles. The van der Waals surface area contributed by atoms with E-state index < -0.39 is 10.0 Å². The molecule has 116 valence electrons. The van der Waals surface area contributed by atoms with Crippen LogP contribution in [0.4, 0.5) is 0 Å². The molecule has 0 aromatic heterocycles. The number of carbonyl (C=O) groups excluding carboxylic acids is 1. The van der Waals surface area contributed by atoms with Gasteiger partial charge >= 0.3 is 0 Å². The van der Waals surface area contributed by atoms with Crippen LogP contribution in [0.2, 0.25) is 0 Å². The van der Waals surface area contributed by atoms with E-state index >= 15 is 0 Å². The Morgan fingerprint density at radius 3 is 2.27 bits per heavy atom. The van der Waals surface area contributed by atoms with Gasteiger partial charge in [0.15, 0.2) is 0 Å². The predicted octanol–water partition coefficient (Wildman–Crippen LogP) is 1.70. The summed E-state index contributed by atoms with van der Waals surface area (Å²) in [4.78, 5) is 12.2. The second-order valence-corrected chi connectivity index (χ2v) is 6.55. The van der Waals surface area contributed by atoms with E-state index in [0.717, 1.165) is 5.56 Å². The number of hydrogen-bond acceptors (Lipinski definition) is 3. The van der Waals surface area contributed by atoms with Crippen LogP contribution in [0.1, 0.15) is 15.9 Å². The van der Waals surface area contributed by atoms with Crippen molar-refractivity contribution < 1.29 is 13.2 Å². The Bertz CT molecular complexity index is 743. The van der Waals surface area contributed by atoms with Crippen molar-refractivity contribution in [1.82, 2.24) is 10.0 Å². The fourth-order valence-electron chi connectivity index (χ4n) is 1.97. The van der Waals surface area contributed by atoms with E-state index in [9.17, 15) is 13.2 Å². The van der Waals surface area contributed by atoms with Gasteiger partial charge in [0, 0.05) is 18.7 Å². The predicted molar refractivity (Wildman–Crippen MR) is 85.1 cm³/mol. The first kappa shape index (κ1) is 16.2. The molecule has 0 saturated heterocycles. The Kier molecular flexibility index (Phi) is 5.30. The zero-order valence-corrected chi connectivity index (χ0v) is 13.1. The number of rotatable bonds is 6. The van der Waals surface area contributed by atoms with Crippen molar-refractivity contribution in [3.63, 3.8) is 0 Å². The van der Waals surface area contributed by atoms with Gasteiger partial charge in [0.05, 0.1) is 4.90 Å². The summed E-state index contributed by atoms with van der Waals surface area (Å²) < 4.78 is 26.4. The molecule has 6 heteroatoms. The van der Waals surface area contributed by atoms with Crippen molar-refractivity contribution in [2.45, 2.75) is 11.8 Å². The van der Waals surface area contributed by atoms with Crippen molar-refractivity contribution in [3.8, 4) is 0 Å². The van der Waals surface area contributed by atoms with Crippen molar-refractivity contribution in [1.29, 1.82) is 0 Å². The summed E-state index contributed by atoms with van der Waals surface area (Å²) in [6.07, 6.45) is 0. The number of sulfonamides is 1. The van der Waals surface area contributed by atoms with Crippen LogP contribution in [0.3, 0.4) is 0 Å². The Hall–Kier alpha value is -2.18. The lowest BCUT2D eigenvalue weighted by Gasteiger charge is -2.09. The number of carbonyl (C=O) groups is 1. The summed E-state index contributed by atoms with van der Waals surface area (Å²) >= 11 is 0. The van der Waals surface area contributed by atoms with Gasteiger partial charge in [-0.15, -0.1) is 0 Å². The molecule has 2 aromatic rings. The van der Waals surface area contributed by atoms with Crippen LogP contribution in [0, 0.1) is 6.92 Å². The van der Waals surface area contributed by atoms with Gasteiger partial charge in [0.25, 0.3) is 5.91 Å². The van der Waals surface area contributed by atoms with Gasteiger partial charge in [0.2, 0.25) is 10.0 Å². The maximum atomic E-state index is 12.0. The molecule has 0 saturated carbocycles. The van der Waals surface area contributed by atoms with Crippen LogP contribution in [0.25, 0.3) is 0 Å². The smallest absolute Gasteiger partial charge is 0.251 e. The van der Waals surface area contributed by atoms with Gasteiger partial charge < -0.3 is 5.32 Å². The van der Waals surface area contributed by atoms with Crippen LogP contribution in [-0.2, 0) is 10.0 Å². The molecular formula is C16H18N2O3S. The topological polar surface area (TPSA) is 75.3 Å². The van der Waals surface area contributed by atoms with Crippen molar-refractivity contribution in [3.05, 3.63) is 65.7 Å². The Morgan fingerprint density at radius 1 is 0.955 bits per heavy atom. The first-order valence-corrected chi connectivity index (χ1v) is 8.37. The first-order chi connectivity index (χ1) is 10.5. The third-order valence-electron chi connectivity index (χ3n) is 3.15. The van der Waals surface area contributed by atoms with Crippen LogP contribution < -0.4 is 10.0 Å². The minimum Gasteiger partial charge on any atom is -0.351 e. The second kappa shape index (κ2) is 7.20. The summed E-state index contributed by atoms with van der Waals surface area (Å²) in [7, 11) is -3.53. The van der Waals surface area contributed by atoms with Gasteiger partial charge in [0.1, 0.15) is 0 Å². The number of benzene rings is 2. The molecule has 2 N–H and O–H groups in total. The molecule has 0 fully saturated rings. The summed E-state index contributed by atoms with van der Waals surface area (Å²) in [5.41, 5.74) is 1.47. The molecule has 0 spiro atoms. The second-order valence-electron chi connectivity index (χ2n) is 4.78. The molecule has 0 unspecified atom stereocenters. The highest BCUT2D eigenvalue weighted by Crippen LogP contribution is 2.07. The van der Waals surface area contributed by atoms with Gasteiger partial charge in [-0.05, 0) is 30.7 Å². The zero-order chi connectivity index (χ0) is 16.0. The van der Waals surface area contributed by atoms with Crippen LogP contribution in [0.15, 0.2) is 59.5 Å². The minimum atomic E-state index is -3.53. The Balaban J connectivity index is 1.85. The number of aryl methyl sites for hydroxylation is 1. The van der Waals surface area contributed by atoms with Crippen molar-refractivity contribution in [2.75, 3.05) is 13.1 Å². The molecule has 0 bridgehead atoms. The summed E-state index contributed by atoms with van der Waals surface area (Å²) in [6.45, 7) is 2.21. The summed E-state index contributed by atoms with van der Waals surface area (Å²) in [5.74, 6) is -0.211. The fourth-order valence-corrected chi connectivity index (χ4v) is 3.02. The van der Waals surface area contributed by atoms with E-state index in [0.29, 0.717) is 5.56 Å². The number of amides is 1. The highest BCUT2D eigenvalue weighted by atomic mass is 32.2. The van der Waals surface area contributed by atoms with Gasteiger partial charge in [-0.25, -0.2) is 13.1 Å². The van der Waals surface area contributed by atoms with Crippen LogP contribution in [0.5, 0.6) is 0 Å². The van der Waals surface area contributed by atoms with E-state index in [2.05, 4.69) is 10.0 Å². The molecule has 0 radical (unpaired) electrons. The van der Waals surface area contributed by atoms with E-state index in [-0.39, 0.29) is 23.9 Å². The normalized spacial score (nSPS) is 11.1. The maximum absolute atomic E-state index is 12.0. The highest BCUT2D eigenvalue weighted by Gasteiger charge is 2.13. The molecule has 22 heavy (non-hydrogen) atoms. The lowest BCUT2D eigenvalue weighted by Crippen LogP contribution is -2.34. The van der Waals surface area contributed by atoms with E-state index in [1.807, 2.05) is 19.1 Å². The average Bonchev–Trinajstić information content (AvgIpc) is 2.53. The fraction of sp³-hybridized carbons (Fsp3) is 0.188. The third kappa shape index (κ3) is 4.16. The number of hydrogen-bond donors (Lipinski definition) is 2. The molecule has 0 heterocycles. The average molecular weight is 318 g/mol. The molecule has 1 amide bonds. The highest BCUT2D eigenvalue weighted by molar-refractivity contribution is 7.89. The minimum absolute atomic E-state index is 0.134. The van der Waals surface area contributed by atoms with Crippen LogP contribution >= 0.6 is 0 Å². The third-order valence-corrected chi connectivity index (χ3v) is 4.62. The molecule has 0 atom stereocenters. The summed E-state index contributed by atoms with van der Waals surface area (Å²) in [6, 6.07) is 15.4. The molecule has 2 rings (SSSR count). The number of nitrogens with one attached hydrogen (secondary N) is 2. The lowest BCUT2D eigenvalue weighted by atomic mass is 10.1. The van der Waals surface area contributed by atoms with Crippen LogP contribution in [-0.4, -0.2) is 27.4 Å². The van der Waals surface area contributed by atoms with E-state index in [4.69, 9.17) is 0 Å². The lowest BCUT2D eigenvalue weighted by molar-refractivity contribution is 0.0953. The molecule has 5 nitrogen and oxygen atoms in total. The largest absolute Gasteiger partial charge is 0.351 e. The summed E-state index contributed by atoms with van der Waals surface area (Å²) in [5, 5.41) is 2.70. The molecule has 0 aliphatic rings. The SMILES string of the molecule is Cc1ccccc1C(=O)NCCNS(=O)(=O)c1ccccc1. The van der Waals surface area contributed by atoms with E-state index in [1.165, 1.54) is 12.1 Å². The monoisotopic (exact) mass is 318 g/mol. The van der Waals surface area contributed by atoms with Gasteiger partial charge in [-0.1, -0.05) is 36.4 Å². The first-order valence-electron chi connectivity index (χ1n) is 6.89. The van der Waals surface area contributed by atoms with E-state index in [1.54, 1.807) is 30.3 Å². The van der Waals surface area contributed by atoms with Crippen molar-refractivity contribution in [2.24, 2.45) is 0 Å². The maximum Gasteiger partial charge on any atom is 0.251 e. The van der Waals surface area contributed by atoms with Crippen molar-refractivity contribution >= 4 is 15.9 Å². The van der Waals surface area contributed by atoms with Gasteiger partial charge in [-0.3, -0.25) is 4.79 Å². The molecule has 2 aromatic carbocycles. The Morgan fingerprint density at radius 2 is 1.59 bits per heavy atom. The molecule has 0 aliphatic heterocycles. The van der Waals surface area contributed by atoms with Gasteiger partial charge in [-0.2, -0.15) is 0 Å². The molecular weight excluding hydrogens is 300 g/mol. The zero-order valence-electron chi connectivity index (χ0n) is 12.2. The standard InChI is InChI=1S/C16H18N2O3S/c1-13-7-5-6-10-15(13)16(19)17-11-12-18-22(20,21)14-8-3-2-4-9-14/h2-10,18H,11-12H2,1H3,(H,17,19). The quantitative estimate of drug-likeness (QED) is 0.796. The Labute approximate surface area is 130 Å².